The number of methoxy groups -OCH3 is 1. The van der Waals surface area contributed by atoms with Crippen LogP contribution in [0.3, 0.4) is 0 Å². The fraction of sp³-hybridized carbons (Fsp3) is 1.00. The molecule has 0 heterocycles. The molecule has 2 atom stereocenters. The lowest BCUT2D eigenvalue weighted by Gasteiger charge is -2.40. The number of nitrogens with zero attached hydrogens (tertiary/aromatic N) is 1. The van der Waals surface area contributed by atoms with Crippen molar-refractivity contribution in [3.05, 3.63) is 0 Å². The van der Waals surface area contributed by atoms with Crippen LogP contribution in [0.4, 0.5) is 0 Å². The van der Waals surface area contributed by atoms with Gasteiger partial charge in [-0.2, -0.15) is 0 Å². The van der Waals surface area contributed by atoms with Gasteiger partial charge in [-0.1, -0.05) is 0 Å². The SMILES string of the molecule is COC1CCCC(N(C)CC2CC(Cl)C2)C1. The molecule has 0 aliphatic heterocycles. The third kappa shape index (κ3) is 3.12. The van der Waals surface area contributed by atoms with Crippen LogP contribution in [0.5, 0.6) is 0 Å². The lowest BCUT2D eigenvalue weighted by molar-refractivity contribution is 0.0278. The monoisotopic (exact) mass is 245 g/mol. The van der Waals surface area contributed by atoms with Crippen molar-refractivity contribution in [2.24, 2.45) is 5.92 Å². The average molecular weight is 246 g/mol. The maximum absolute atomic E-state index is 6.02. The molecule has 0 aromatic rings. The van der Waals surface area contributed by atoms with Gasteiger partial charge in [-0.05, 0) is 51.5 Å². The molecule has 3 heteroatoms. The van der Waals surface area contributed by atoms with Gasteiger partial charge in [0, 0.05) is 25.1 Å². The van der Waals surface area contributed by atoms with Crippen molar-refractivity contribution in [2.45, 2.75) is 56.0 Å². The number of alkyl halides is 1. The summed E-state index contributed by atoms with van der Waals surface area (Å²) < 4.78 is 5.49. The number of halogens is 1. The highest BCUT2D eigenvalue weighted by Gasteiger charge is 2.31. The molecule has 0 spiro atoms. The first-order valence-electron chi connectivity index (χ1n) is 6.56. The van der Waals surface area contributed by atoms with Crippen LogP contribution in [0.1, 0.15) is 38.5 Å². The second kappa shape index (κ2) is 5.70. The Labute approximate surface area is 104 Å². The zero-order chi connectivity index (χ0) is 11.5. The Kier molecular flexibility index (Phi) is 4.51. The largest absolute Gasteiger partial charge is 0.381 e. The van der Waals surface area contributed by atoms with E-state index in [9.17, 15) is 0 Å². The van der Waals surface area contributed by atoms with Crippen molar-refractivity contribution in [2.75, 3.05) is 20.7 Å². The zero-order valence-corrected chi connectivity index (χ0v) is 11.2. The Morgan fingerprint density at radius 3 is 2.62 bits per heavy atom. The smallest absolute Gasteiger partial charge is 0.0586 e. The van der Waals surface area contributed by atoms with Crippen LogP contribution in [0.15, 0.2) is 0 Å². The molecule has 2 unspecified atom stereocenters. The van der Waals surface area contributed by atoms with Gasteiger partial charge in [-0.3, -0.25) is 0 Å². The first kappa shape index (κ1) is 12.7. The fourth-order valence-corrected chi connectivity index (χ4v) is 3.60. The summed E-state index contributed by atoms with van der Waals surface area (Å²) in [5.41, 5.74) is 0. The molecular weight excluding hydrogens is 222 g/mol. The highest BCUT2D eigenvalue weighted by Crippen LogP contribution is 2.33. The van der Waals surface area contributed by atoms with Crippen LogP contribution in [-0.2, 0) is 4.74 Å². The van der Waals surface area contributed by atoms with E-state index in [-0.39, 0.29) is 0 Å². The van der Waals surface area contributed by atoms with Crippen LogP contribution in [0.2, 0.25) is 0 Å². The predicted molar refractivity (Wildman–Crippen MR) is 68.0 cm³/mol. The Morgan fingerprint density at radius 1 is 1.25 bits per heavy atom. The molecule has 2 fully saturated rings. The first-order chi connectivity index (χ1) is 7.69. The van der Waals surface area contributed by atoms with Gasteiger partial charge in [-0.25, -0.2) is 0 Å². The summed E-state index contributed by atoms with van der Waals surface area (Å²) in [5.74, 6) is 0.843. The van der Waals surface area contributed by atoms with Crippen LogP contribution in [-0.4, -0.2) is 43.1 Å². The van der Waals surface area contributed by atoms with Gasteiger partial charge in [0.2, 0.25) is 0 Å². The van der Waals surface area contributed by atoms with Gasteiger partial charge in [0.15, 0.2) is 0 Å². The molecule has 2 aliphatic carbocycles. The number of ether oxygens (including phenoxy) is 1. The lowest BCUT2D eigenvalue weighted by atomic mass is 9.83. The molecule has 94 valence electrons. The summed E-state index contributed by atoms with van der Waals surface area (Å²) in [6.07, 6.45) is 8.03. The maximum atomic E-state index is 6.02. The van der Waals surface area contributed by atoms with E-state index < -0.39 is 0 Å². The van der Waals surface area contributed by atoms with E-state index in [0.29, 0.717) is 11.5 Å². The molecule has 2 rings (SSSR count). The summed E-state index contributed by atoms with van der Waals surface area (Å²) >= 11 is 6.02. The Hall–Kier alpha value is 0.210. The highest BCUT2D eigenvalue weighted by molar-refractivity contribution is 6.21. The van der Waals surface area contributed by atoms with E-state index in [1.54, 1.807) is 0 Å². The van der Waals surface area contributed by atoms with Crippen LogP contribution in [0, 0.1) is 5.92 Å². The summed E-state index contributed by atoms with van der Waals surface area (Å²) in [4.78, 5) is 2.54. The molecule has 2 aliphatic rings. The van der Waals surface area contributed by atoms with Crippen LogP contribution < -0.4 is 0 Å². The second-order valence-corrected chi connectivity index (χ2v) is 6.17. The van der Waals surface area contributed by atoms with E-state index in [0.717, 1.165) is 12.0 Å². The van der Waals surface area contributed by atoms with Crippen molar-refractivity contribution >= 4 is 11.6 Å². The van der Waals surface area contributed by atoms with Gasteiger partial charge in [0.1, 0.15) is 0 Å². The Morgan fingerprint density at radius 2 is 2.00 bits per heavy atom. The normalized spacial score (nSPS) is 39.8. The quantitative estimate of drug-likeness (QED) is 0.707. The fourth-order valence-electron chi connectivity index (χ4n) is 3.09. The summed E-state index contributed by atoms with van der Waals surface area (Å²) in [7, 11) is 4.11. The predicted octanol–water partition coefficient (Wildman–Crippen LogP) is 2.89. The van der Waals surface area contributed by atoms with Gasteiger partial charge in [0.25, 0.3) is 0 Å². The van der Waals surface area contributed by atoms with Gasteiger partial charge >= 0.3 is 0 Å². The Bertz CT molecular complexity index is 218. The summed E-state index contributed by atoms with van der Waals surface area (Å²) in [6.45, 7) is 1.23. The topological polar surface area (TPSA) is 12.5 Å². The van der Waals surface area contributed by atoms with Crippen molar-refractivity contribution in [3.8, 4) is 0 Å². The Balaban J connectivity index is 1.73. The van der Waals surface area contributed by atoms with Crippen molar-refractivity contribution in [1.29, 1.82) is 0 Å². The van der Waals surface area contributed by atoms with Gasteiger partial charge in [0.05, 0.1) is 6.10 Å². The van der Waals surface area contributed by atoms with E-state index in [1.165, 1.54) is 45.1 Å². The lowest BCUT2D eigenvalue weighted by Crippen LogP contribution is -2.43. The molecule has 0 aromatic carbocycles. The van der Waals surface area contributed by atoms with Crippen LogP contribution >= 0.6 is 11.6 Å². The van der Waals surface area contributed by atoms with Crippen molar-refractivity contribution in [3.63, 3.8) is 0 Å². The second-order valence-electron chi connectivity index (χ2n) is 5.55. The minimum absolute atomic E-state index is 0.455. The van der Waals surface area contributed by atoms with E-state index in [1.807, 2.05) is 7.11 Å². The third-order valence-electron chi connectivity index (χ3n) is 4.28. The minimum Gasteiger partial charge on any atom is -0.381 e. The molecule has 0 amide bonds. The van der Waals surface area contributed by atoms with Crippen molar-refractivity contribution in [1.82, 2.24) is 4.90 Å². The molecule has 0 radical (unpaired) electrons. The molecule has 0 saturated heterocycles. The van der Waals surface area contributed by atoms with Crippen molar-refractivity contribution < 1.29 is 4.74 Å². The zero-order valence-electron chi connectivity index (χ0n) is 10.5. The minimum atomic E-state index is 0.455. The van der Waals surface area contributed by atoms with E-state index >= 15 is 0 Å². The summed E-state index contributed by atoms with van der Waals surface area (Å²) in [5, 5.41) is 0.455. The van der Waals surface area contributed by atoms with Crippen LogP contribution in [0.25, 0.3) is 0 Å². The number of rotatable bonds is 4. The molecule has 16 heavy (non-hydrogen) atoms. The molecule has 2 nitrogen and oxygen atoms in total. The molecule has 0 bridgehead atoms. The first-order valence-corrected chi connectivity index (χ1v) is 6.99. The molecule has 0 N–H and O–H groups in total. The number of hydrogen-bond donors (Lipinski definition) is 0. The molecule has 2 saturated carbocycles. The highest BCUT2D eigenvalue weighted by atomic mass is 35.5. The standard InChI is InChI=1S/C13H24ClNO/c1-15(9-10-6-11(14)7-10)12-4-3-5-13(8-12)16-2/h10-13H,3-9H2,1-2H3. The number of hydrogen-bond acceptors (Lipinski definition) is 2. The van der Waals surface area contributed by atoms with Gasteiger partial charge in [-0.15, -0.1) is 11.6 Å². The average Bonchev–Trinajstić information content (AvgIpc) is 2.27. The van der Waals surface area contributed by atoms with E-state index in [2.05, 4.69) is 11.9 Å². The van der Waals surface area contributed by atoms with E-state index in [4.69, 9.17) is 16.3 Å². The summed E-state index contributed by atoms with van der Waals surface area (Å²) in [6, 6.07) is 0.730. The van der Waals surface area contributed by atoms with Gasteiger partial charge < -0.3 is 9.64 Å². The molecular formula is C13H24ClNO. The molecule has 0 aromatic heterocycles. The maximum Gasteiger partial charge on any atom is 0.0586 e. The third-order valence-corrected chi connectivity index (χ3v) is 4.64.